The molecule has 6 heteroatoms. The second-order valence-corrected chi connectivity index (χ2v) is 8.28. The molecule has 1 amide bonds. The minimum atomic E-state index is -0.508. The average Bonchev–Trinajstić information content (AvgIpc) is 2.88. The molecule has 2 N–H and O–H groups in total. The predicted molar refractivity (Wildman–Crippen MR) is 96.2 cm³/mol. The Balaban J connectivity index is 1.65. The lowest BCUT2D eigenvalue weighted by Gasteiger charge is -2.25. The SMILES string of the molecule is CSc1nc(C(C)(C)NC(=O)[C@H]2[C@@H]3CNC[C@@H]32)n2cccc(C)c12. The van der Waals surface area contributed by atoms with Crippen molar-refractivity contribution in [2.45, 2.75) is 31.3 Å². The summed E-state index contributed by atoms with van der Waals surface area (Å²) >= 11 is 1.65. The molecule has 5 nitrogen and oxygen atoms in total. The summed E-state index contributed by atoms with van der Waals surface area (Å²) in [7, 11) is 0. The van der Waals surface area contributed by atoms with E-state index in [1.165, 1.54) is 5.56 Å². The van der Waals surface area contributed by atoms with Crippen molar-refractivity contribution in [1.29, 1.82) is 0 Å². The molecule has 2 fully saturated rings. The highest BCUT2D eigenvalue weighted by molar-refractivity contribution is 7.98. The molecule has 3 heterocycles. The van der Waals surface area contributed by atoms with Gasteiger partial charge in [-0.1, -0.05) is 6.07 Å². The number of hydrogen-bond acceptors (Lipinski definition) is 4. The number of fused-ring (bicyclic) bond motifs is 2. The van der Waals surface area contributed by atoms with Crippen LogP contribution in [0.5, 0.6) is 0 Å². The normalized spacial score (nSPS) is 25.8. The number of carbonyl (C=O) groups is 1. The van der Waals surface area contributed by atoms with Gasteiger partial charge in [0.2, 0.25) is 5.91 Å². The minimum Gasteiger partial charge on any atom is -0.344 e. The van der Waals surface area contributed by atoms with Crippen molar-refractivity contribution in [2.24, 2.45) is 17.8 Å². The van der Waals surface area contributed by atoms with Crippen molar-refractivity contribution in [3.8, 4) is 0 Å². The molecule has 0 radical (unpaired) electrons. The van der Waals surface area contributed by atoms with Crippen LogP contribution in [0.4, 0.5) is 0 Å². The standard InChI is InChI=1S/C18H24N4OS/c1-10-6-5-7-22-14(10)16(24-4)20-17(22)18(2,3)21-15(23)13-11-8-19-9-12(11)13/h5-7,11-13,19H,8-9H2,1-4H3,(H,21,23)/t11-,12+,13+. The zero-order valence-corrected chi connectivity index (χ0v) is 15.4. The number of imidazole rings is 1. The number of carbonyl (C=O) groups excluding carboxylic acids is 1. The van der Waals surface area contributed by atoms with Gasteiger partial charge >= 0.3 is 0 Å². The Morgan fingerprint density at radius 3 is 2.79 bits per heavy atom. The third kappa shape index (κ3) is 2.35. The van der Waals surface area contributed by atoms with E-state index in [9.17, 15) is 4.79 Å². The first kappa shape index (κ1) is 16.0. The van der Waals surface area contributed by atoms with Crippen LogP contribution in [-0.2, 0) is 10.3 Å². The van der Waals surface area contributed by atoms with Gasteiger partial charge in [0, 0.05) is 12.1 Å². The summed E-state index contributed by atoms with van der Waals surface area (Å²) < 4.78 is 2.12. The third-order valence-electron chi connectivity index (χ3n) is 5.42. The van der Waals surface area contributed by atoms with Gasteiger partial charge in [0.25, 0.3) is 0 Å². The maximum Gasteiger partial charge on any atom is 0.224 e. The number of aromatic nitrogens is 2. The van der Waals surface area contributed by atoms with Gasteiger partial charge in [-0.25, -0.2) is 4.98 Å². The number of pyridine rings is 1. The second-order valence-electron chi connectivity index (χ2n) is 7.48. The molecule has 0 unspecified atom stereocenters. The summed E-state index contributed by atoms with van der Waals surface area (Å²) in [4.78, 5) is 17.6. The summed E-state index contributed by atoms with van der Waals surface area (Å²) in [6.45, 7) is 8.14. The first-order valence-corrected chi connectivity index (χ1v) is 9.71. The molecule has 0 aromatic carbocycles. The molecule has 2 aromatic heterocycles. The van der Waals surface area contributed by atoms with Gasteiger partial charge in [-0.2, -0.15) is 0 Å². The average molecular weight is 344 g/mol. The number of thioether (sulfide) groups is 1. The van der Waals surface area contributed by atoms with E-state index in [0.717, 1.165) is 29.5 Å². The Labute approximate surface area is 146 Å². The van der Waals surface area contributed by atoms with Crippen LogP contribution in [0, 0.1) is 24.7 Å². The second kappa shape index (κ2) is 5.49. The van der Waals surface area contributed by atoms with Gasteiger partial charge in [0.1, 0.15) is 10.9 Å². The van der Waals surface area contributed by atoms with E-state index in [1.54, 1.807) is 11.8 Å². The number of amides is 1. The van der Waals surface area contributed by atoms with Crippen LogP contribution in [-0.4, -0.2) is 34.6 Å². The van der Waals surface area contributed by atoms with Gasteiger partial charge < -0.3 is 15.0 Å². The molecule has 2 aromatic rings. The predicted octanol–water partition coefficient (Wildman–Crippen LogP) is 2.18. The number of aryl methyl sites for hydroxylation is 1. The van der Waals surface area contributed by atoms with Crippen molar-refractivity contribution >= 4 is 23.2 Å². The highest BCUT2D eigenvalue weighted by Gasteiger charge is 2.57. The Morgan fingerprint density at radius 2 is 2.12 bits per heavy atom. The monoisotopic (exact) mass is 344 g/mol. The maximum absolute atomic E-state index is 12.7. The molecule has 128 valence electrons. The topological polar surface area (TPSA) is 58.4 Å². The lowest BCUT2D eigenvalue weighted by molar-refractivity contribution is -0.124. The molecular weight excluding hydrogens is 320 g/mol. The first-order chi connectivity index (χ1) is 11.4. The van der Waals surface area contributed by atoms with E-state index >= 15 is 0 Å². The van der Waals surface area contributed by atoms with Crippen LogP contribution < -0.4 is 10.6 Å². The largest absolute Gasteiger partial charge is 0.344 e. The van der Waals surface area contributed by atoms with Crippen molar-refractivity contribution in [3.63, 3.8) is 0 Å². The molecule has 3 atom stereocenters. The maximum atomic E-state index is 12.7. The van der Waals surface area contributed by atoms with Crippen molar-refractivity contribution < 1.29 is 4.79 Å². The summed E-state index contributed by atoms with van der Waals surface area (Å²) in [6.07, 6.45) is 4.08. The minimum absolute atomic E-state index is 0.173. The van der Waals surface area contributed by atoms with Gasteiger partial charge in [0.15, 0.2) is 0 Å². The van der Waals surface area contributed by atoms with E-state index < -0.39 is 5.54 Å². The smallest absolute Gasteiger partial charge is 0.224 e. The van der Waals surface area contributed by atoms with Crippen LogP contribution in [0.25, 0.3) is 5.52 Å². The third-order valence-corrected chi connectivity index (χ3v) is 6.09. The Morgan fingerprint density at radius 1 is 1.42 bits per heavy atom. The van der Waals surface area contributed by atoms with Crippen LogP contribution in [0.2, 0.25) is 0 Å². The number of hydrogen-bond donors (Lipinski definition) is 2. The van der Waals surface area contributed by atoms with E-state index in [2.05, 4.69) is 28.0 Å². The molecule has 24 heavy (non-hydrogen) atoms. The van der Waals surface area contributed by atoms with Gasteiger partial charge in [0.05, 0.1) is 11.1 Å². The fourth-order valence-corrected chi connectivity index (χ4v) is 4.74. The summed E-state index contributed by atoms with van der Waals surface area (Å²) in [5.74, 6) is 2.30. The molecular formula is C18H24N4OS. The Bertz CT molecular complexity index is 803. The fourth-order valence-electron chi connectivity index (χ4n) is 4.11. The zero-order chi connectivity index (χ0) is 17.1. The molecule has 1 saturated heterocycles. The molecule has 0 spiro atoms. The van der Waals surface area contributed by atoms with Crippen molar-refractivity contribution in [1.82, 2.24) is 20.0 Å². The molecule has 1 aliphatic carbocycles. The fraction of sp³-hybridized carbons (Fsp3) is 0.556. The van der Waals surface area contributed by atoms with E-state index in [1.807, 2.05) is 32.4 Å². The molecule has 2 aliphatic rings. The van der Waals surface area contributed by atoms with Gasteiger partial charge in [-0.05, 0) is 63.6 Å². The molecule has 1 saturated carbocycles. The van der Waals surface area contributed by atoms with Gasteiger partial charge in [-0.3, -0.25) is 4.79 Å². The summed E-state index contributed by atoms with van der Waals surface area (Å²) in [5, 5.41) is 7.61. The molecule has 4 rings (SSSR count). The van der Waals surface area contributed by atoms with Crippen LogP contribution in [0.3, 0.4) is 0 Å². The summed E-state index contributed by atoms with van der Waals surface area (Å²) in [5.41, 5.74) is 1.83. The first-order valence-electron chi connectivity index (χ1n) is 8.49. The van der Waals surface area contributed by atoms with Crippen molar-refractivity contribution in [2.75, 3.05) is 19.3 Å². The zero-order valence-electron chi connectivity index (χ0n) is 14.6. The van der Waals surface area contributed by atoms with Crippen LogP contribution in [0.15, 0.2) is 23.4 Å². The lowest BCUT2D eigenvalue weighted by Crippen LogP contribution is -2.44. The number of piperidine rings is 1. The van der Waals surface area contributed by atoms with Gasteiger partial charge in [-0.15, -0.1) is 11.8 Å². The van der Waals surface area contributed by atoms with Crippen LogP contribution >= 0.6 is 11.8 Å². The lowest BCUT2D eigenvalue weighted by atomic mass is 10.0. The van der Waals surface area contributed by atoms with E-state index in [4.69, 9.17) is 4.98 Å². The Hall–Kier alpha value is -1.53. The van der Waals surface area contributed by atoms with Crippen LogP contribution in [0.1, 0.15) is 25.2 Å². The highest BCUT2D eigenvalue weighted by atomic mass is 32.2. The highest BCUT2D eigenvalue weighted by Crippen LogP contribution is 2.49. The molecule has 1 aliphatic heterocycles. The number of nitrogens with zero attached hydrogens (tertiary/aromatic N) is 2. The van der Waals surface area contributed by atoms with Crippen molar-refractivity contribution in [3.05, 3.63) is 29.7 Å². The van der Waals surface area contributed by atoms with E-state index in [-0.39, 0.29) is 11.8 Å². The summed E-state index contributed by atoms with van der Waals surface area (Å²) in [6, 6.07) is 4.14. The number of nitrogens with one attached hydrogen (secondary N) is 2. The quantitative estimate of drug-likeness (QED) is 0.835. The number of rotatable bonds is 4. The van der Waals surface area contributed by atoms with E-state index in [0.29, 0.717) is 11.8 Å². The molecule has 0 bridgehead atoms. The Kier molecular flexibility index (Phi) is 3.65.